The molecular formula is C16H17Cl2N3O2S. The van der Waals surface area contributed by atoms with Crippen molar-refractivity contribution < 1.29 is 9.59 Å². The van der Waals surface area contributed by atoms with Gasteiger partial charge in [0.25, 0.3) is 0 Å². The number of nitrogens with zero attached hydrogens (tertiary/aromatic N) is 1. The van der Waals surface area contributed by atoms with Crippen molar-refractivity contribution in [3.05, 3.63) is 50.6 Å². The minimum Gasteiger partial charge on any atom is -0.350 e. The standard InChI is InChI=1S/C16H17Cl2N3O2S/c1-21(9-15(22)19-8-12-3-2-6-24-12)10-16(23)20-11-4-5-13(17)14(18)7-11/h2-7H,8-10H2,1H3,(H,19,22)(H,20,23). The fourth-order valence-corrected chi connectivity index (χ4v) is 2.92. The SMILES string of the molecule is CN(CC(=O)NCc1cccs1)CC(=O)Nc1ccc(Cl)c(Cl)c1. The molecule has 0 saturated heterocycles. The maximum Gasteiger partial charge on any atom is 0.238 e. The Hall–Kier alpha value is -1.60. The molecule has 2 rings (SSSR count). The summed E-state index contributed by atoms with van der Waals surface area (Å²) in [5.41, 5.74) is 0.560. The van der Waals surface area contributed by atoms with Gasteiger partial charge in [0.15, 0.2) is 0 Å². The number of rotatable bonds is 7. The largest absolute Gasteiger partial charge is 0.350 e. The van der Waals surface area contributed by atoms with Crippen LogP contribution in [0.4, 0.5) is 5.69 Å². The van der Waals surface area contributed by atoms with Gasteiger partial charge in [0.1, 0.15) is 0 Å². The molecule has 0 aliphatic carbocycles. The van der Waals surface area contributed by atoms with E-state index in [1.165, 1.54) is 0 Å². The Bertz CT molecular complexity index is 707. The lowest BCUT2D eigenvalue weighted by atomic mass is 10.3. The quantitative estimate of drug-likeness (QED) is 0.768. The van der Waals surface area contributed by atoms with Crippen molar-refractivity contribution in [3.8, 4) is 0 Å². The molecule has 1 aromatic carbocycles. The third-order valence-electron chi connectivity index (χ3n) is 3.07. The average molecular weight is 386 g/mol. The van der Waals surface area contributed by atoms with Gasteiger partial charge in [0, 0.05) is 10.6 Å². The summed E-state index contributed by atoms with van der Waals surface area (Å²) in [6, 6.07) is 8.75. The predicted molar refractivity (Wildman–Crippen MR) is 98.8 cm³/mol. The van der Waals surface area contributed by atoms with E-state index < -0.39 is 0 Å². The predicted octanol–water partition coefficient (Wildman–Crippen LogP) is 3.24. The van der Waals surface area contributed by atoms with Gasteiger partial charge in [-0.1, -0.05) is 29.3 Å². The highest BCUT2D eigenvalue weighted by Gasteiger charge is 2.11. The van der Waals surface area contributed by atoms with Gasteiger partial charge in [-0.25, -0.2) is 0 Å². The second kappa shape index (κ2) is 9.03. The summed E-state index contributed by atoms with van der Waals surface area (Å²) in [4.78, 5) is 26.6. The summed E-state index contributed by atoms with van der Waals surface area (Å²) >= 11 is 13.3. The van der Waals surface area contributed by atoms with Gasteiger partial charge in [0.2, 0.25) is 11.8 Å². The van der Waals surface area contributed by atoms with Crippen LogP contribution in [0.15, 0.2) is 35.7 Å². The van der Waals surface area contributed by atoms with Gasteiger partial charge in [-0.2, -0.15) is 0 Å². The molecule has 2 amide bonds. The summed E-state index contributed by atoms with van der Waals surface area (Å²) in [6.07, 6.45) is 0. The topological polar surface area (TPSA) is 61.4 Å². The molecule has 1 heterocycles. The molecule has 0 radical (unpaired) electrons. The smallest absolute Gasteiger partial charge is 0.238 e. The molecule has 2 aromatic rings. The van der Waals surface area contributed by atoms with Gasteiger partial charge in [0.05, 0.1) is 29.7 Å². The van der Waals surface area contributed by atoms with E-state index in [1.807, 2.05) is 17.5 Å². The van der Waals surface area contributed by atoms with Crippen LogP contribution in [-0.4, -0.2) is 36.9 Å². The monoisotopic (exact) mass is 385 g/mol. The first-order valence-corrected chi connectivity index (χ1v) is 8.80. The van der Waals surface area contributed by atoms with Crippen molar-refractivity contribution in [2.75, 3.05) is 25.5 Å². The lowest BCUT2D eigenvalue weighted by molar-refractivity contribution is -0.123. The van der Waals surface area contributed by atoms with Crippen LogP contribution >= 0.6 is 34.5 Å². The summed E-state index contributed by atoms with van der Waals surface area (Å²) in [6.45, 7) is 0.729. The molecule has 8 heteroatoms. The van der Waals surface area contributed by atoms with Gasteiger partial charge in [-0.15, -0.1) is 11.3 Å². The molecule has 0 spiro atoms. The maximum absolute atomic E-state index is 12.0. The van der Waals surface area contributed by atoms with Crippen molar-refractivity contribution in [3.63, 3.8) is 0 Å². The number of halogens is 2. The molecule has 0 fully saturated rings. The molecule has 0 aliphatic rings. The molecule has 0 bridgehead atoms. The molecule has 0 atom stereocenters. The second-order valence-corrected chi connectivity index (χ2v) is 7.05. The first kappa shape index (κ1) is 18.7. The molecule has 24 heavy (non-hydrogen) atoms. The maximum atomic E-state index is 12.0. The Balaban J connectivity index is 1.74. The molecule has 1 aromatic heterocycles. The third kappa shape index (κ3) is 6.13. The number of anilines is 1. The zero-order valence-corrected chi connectivity index (χ0v) is 15.3. The van der Waals surface area contributed by atoms with E-state index in [0.29, 0.717) is 22.3 Å². The summed E-state index contributed by atoms with van der Waals surface area (Å²) in [5, 5.41) is 8.29. The van der Waals surface area contributed by atoms with E-state index in [9.17, 15) is 9.59 Å². The number of hydrogen-bond acceptors (Lipinski definition) is 4. The van der Waals surface area contributed by atoms with Gasteiger partial charge in [-0.3, -0.25) is 14.5 Å². The highest BCUT2D eigenvalue weighted by atomic mass is 35.5. The van der Waals surface area contributed by atoms with Gasteiger partial charge < -0.3 is 10.6 Å². The summed E-state index contributed by atoms with van der Waals surface area (Å²) in [7, 11) is 1.71. The zero-order chi connectivity index (χ0) is 17.5. The average Bonchev–Trinajstić information content (AvgIpc) is 3.02. The molecule has 128 valence electrons. The van der Waals surface area contributed by atoms with Gasteiger partial charge in [-0.05, 0) is 36.7 Å². The number of carbonyl (C=O) groups is 2. The van der Waals surface area contributed by atoms with Crippen LogP contribution < -0.4 is 10.6 Å². The number of nitrogens with one attached hydrogen (secondary N) is 2. The van der Waals surface area contributed by atoms with Crippen LogP contribution in [0.3, 0.4) is 0 Å². The highest BCUT2D eigenvalue weighted by Crippen LogP contribution is 2.24. The minimum atomic E-state index is -0.234. The summed E-state index contributed by atoms with van der Waals surface area (Å²) in [5.74, 6) is -0.366. The molecule has 0 saturated carbocycles. The number of likely N-dealkylation sites (N-methyl/N-ethyl adjacent to an activating group) is 1. The Labute approximate surface area is 154 Å². The van der Waals surface area contributed by atoms with Crippen molar-refractivity contribution in [2.24, 2.45) is 0 Å². The molecule has 5 nitrogen and oxygen atoms in total. The molecule has 2 N–H and O–H groups in total. The number of amides is 2. The van der Waals surface area contributed by atoms with Crippen LogP contribution in [0.2, 0.25) is 10.0 Å². The van der Waals surface area contributed by atoms with E-state index in [4.69, 9.17) is 23.2 Å². The van der Waals surface area contributed by atoms with E-state index in [1.54, 1.807) is 41.5 Å². The zero-order valence-electron chi connectivity index (χ0n) is 13.0. The van der Waals surface area contributed by atoms with Crippen LogP contribution in [0.25, 0.3) is 0 Å². The van der Waals surface area contributed by atoms with Gasteiger partial charge >= 0.3 is 0 Å². The molecule has 0 unspecified atom stereocenters. The first-order chi connectivity index (χ1) is 11.4. The highest BCUT2D eigenvalue weighted by molar-refractivity contribution is 7.09. The van der Waals surface area contributed by atoms with Crippen molar-refractivity contribution in [2.45, 2.75) is 6.54 Å². The van der Waals surface area contributed by atoms with E-state index >= 15 is 0 Å². The fraction of sp³-hybridized carbons (Fsp3) is 0.250. The van der Waals surface area contributed by atoms with E-state index in [2.05, 4.69) is 10.6 Å². The van der Waals surface area contributed by atoms with E-state index in [-0.39, 0.29) is 24.9 Å². The lowest BCUT2D eigenvalue weighted by Crippen LogP contribution is -2.38. The lowest BCUT2D eigenvalue weighted by Gasteiger charge is -2.16. The minimum absolute atomic E-state index is 0.0899. The molecule has 0 aliphatic heterocycles. The Morgan fingerprint density at radius 3 is 2.54 bits per heavy atom. The van der Waals surface area contributed by atoms with Crippen LogP contribution in [-0.2, 0) is 16.1 Å². The van der Waals surface area contributed by atoms with Crippen molar-refractivity contribution >= 4 is 52.0 Å². The number of benzene rings is 1. The fourth-order valence-electron chi connectivity index (χ4n) is 1.98. The first-order valence-electron chi connectivity index (χ1n) is 7.16. The number of thiophene rings is 1. The van der Waals surface area contributed by atoms with Crippen LogP contribution in [0, 0.1) is 0 Å². The van der Waals surface area contributed by atoms with Crippen LogP contribution in [0.5, 0.6) is 0 Å². The Morgan fingerprint density at radius 2 is 1.88 bits per heavy atom. The van der Waals surface area contributed by atoms with Crippen LogP contribution in [0.1, 0.15) is 4.88 Å². The van der Waals surface area contributed by atoms with Crippen molar-refractivity contribution in [1.82, 2.24) is 10.2 Å². The Kier molecular flexibility index (Phi) is 7.05. The summed E-state index contributed by atoms with van der Waals surface area (Å²) < 4.78 is 0. The van der Waals surface area contributed by atoms with Crippen molar-refractivity contribution in [1.29, 1.82) is 0 Å². The third-order valence-corrected chi connectivity index (χ3v) is 4.69. The number of hydrogen-bond donors (Lipinski definition) is 2. The Morgan fingerprint density at radius 1 is 1.12 bits per heavy atom. The van der Waals surface area contributed by atoms with E-state index in [0.717, 1.165) is 4.88 Å². The molecular weight excluding hydrogens is 369 g/mol. The second-order valence-electron chi connectivity index (χ2n) is 5.21. The number of carbonyl (C=O) groups excluding carboxylic acids is 2. The normalized spacial score (nSPS) is 10.7.